The number of hydrogen-bond donors (Lipinski definition) is 0. The molecule has 0 unspecified atom stereocenters. The smallest absolute Gasteiger partial charge is 0.0345 e. The van der Waals surface area contributed by atoms with Gasteiger partial charge in [0, 0.05) is 10.0 Å². The van der Waals surface area contributed by atoms with Crippen LogP contribution in [0.2, 0.25) is 0 Å². The lowest BCUT2D eigenvalue weighted by Crippen LogP contribution is -1.89. The van der Waals surface area contributed by atoms with E-state index in [1.165, 1.54) is 27.6 Å². The Balaban J connectivity index is 2.12. The van der Waals surface area contributed by atoms with Crippen LogP contribution in [0.5, 0.6) is 0 Å². The van der Waals surface area contributed by atoms with Gasteiger partial charge in [-0.2, -0.15) is 0 Å². The van der Waals surface area contributed by atoms with Crippen LogP contribution in [0, 0.1) is 0 Å². The number of alkyl halides is 1. The van der Waals surface area contributed by atoms with Crippen molar-refractivity contribution in [2.75, 3.05) is 5.33 Å². The molecular weight excluding hydrogens is 280 g/mol. The van der Waals surface area contributed by atoms with Gasteiger partial charge in [-0.25, -0.2) is 0 Å². The zero-order chi connectivity index (χ0) is 11.4. The van der Waals surface area contributed by atoms with Crippen LogP contribution in [-0.2, 0) is 6.42 Å². The van der Waals surface area contributed by atoms with Crippen LogP contribution >= 0.6 is 27.3 Å². The maximum atomic E-state index is 4.16. The molecule has 0 aliphatic carbocycles. The van der Waals surface area contributed by atoms with E-state index < -0.39 is 0 Å². The van der Waals surface area contributed by atoms with Crippen molar-refractivity contribution in [1.82, 2.24) is 0 Å². The van der Waals surface area contributed by atoms with E-state index >= 15 is 0 Å². The number of halogens is 1. The Hall–Kier alpha value is -0.600. The molecule has 2 rings (SSSR count). The number of thiophene rings is 1. The second-order valence-corrected chi connectivity index (χ2v) is 5.68. The van der Waals surface area contributed by atoms with E-state index in [0.29, 0.717) is 0 Å². The van der Waals surface area contributed by atoms with Crippen LogP contribution < -0.4 is 0 Å². The summed E-state index contributed by atoms with van der Waals surface area (Å²) >= 11 is 5.29. The molecule has 0 N–H and O–H groups in total. The van der Waals surface area contributed by atoms with Crippen molar-refractivity contribution in [3.05, 3.63) is 47.4 Å². The first-order valence-electron chi connectivity index (χ1n) is 5.49. The first-order valence-corrected chi connectivity index (χ1v) is 7.49. The highest BCUT2D eigenvalue weighted by atomic mass is 79.9. The average molecular weight is 295 g/mol. The SMILES string of the molecule is C=C(CCCBr)Cc1csc2ccccc12. The molecule has 16 heavy (non-hydrogen) atoms. The van der Waals surface area contributed by atoms with Crippen LogP contribution in [-0.4, -0.2) is 5.33 Å². The van der Waals surface area contributed by atoms with Gasteiger partial charge >= 0.3 is 0 Å². The fraction of sp³-hybridized carbons (Fsp3) is 0.286. The summed E-state index contributed by atoms with van der Waals surface area (Å²) in [6.45, 7) is 4.16. The number of hydrogen-bond acceptors (Lipinski definition) is 1. The average Bonchev–Trinajstić information content (AvgIpc) is 2.70. The van der Waals surface area contributed by atoms with Crippen molar-refractivity contribution in [1.29, 1.82) is 0 Å². The molecule has 84 valence electrons. The Morgan fingerprint density at radius 2 is 2.12 bits per heavy atom. The summed E-state index contributed by atoms with van der Waals surface area (Å²) in [5.74, 6) is 0. The minimum absolute atomic E-state index is 1.02. The summed E-state index contributed by atoms with van der Waals surface area (Å²) in [4.78, 5) is 0. The van der Waals surface area contributed by atoms with E-state index in [4.69, 9.17) is 0 Å². The van der Waals surface area contributed by atoms with Crippen LogP contribution in [0.4, 0.5) is 0 Å². The Bertz CT molecular complexity index is 484. The van der Waals surface area contributed by atoms with E-state index in [9.17, 15) is 0 Å². The summed E-state index contributed by atoms with van der Waals surface area (Å²) in [5.41, 5.74) is 2.77. The predicted molar refractivity (Wildman–Crippen MR) is 77.7 cm³/mol. The quantitative estimate of drug-likeness (QED) is 0.527. The number of benzene rings is 1. The lowest BCUT2D eigenvalue weighted by atomic mass is 10.0. The van der Waals surface area contributed by atoms with Gasteiger partial charge < -0.3 is 0 Å². The normalized spacial score (nSPS) is 10.8. The van der Waals surface area contributed by atoms with Gasteiger partial charge in [0.25, 0.3) is 0 Å². The molecule has 0 amide bonds. The highest BCUT2D eigenvalue weighted by Gasteiger charge is 2.04. The molecule has 0 aliphatic heterocycles. The molecule has 0 nitrogen and oxygen atoms in total. The zero-order valence-electron chi connectivity index (χ0n) is 9.21. The van der Waals surface area contributed by atoms with Crippen molar-refractivity contribution in [3.8, 4) is 0 Å². The molecule has 0 saturated heterocycles. The Kier molecular flexibility index (Phi) is 4.19. The lowest BCUT2D eigenvalue weighted by molar-refractivity contribution is 0.891. The summed E-state index contributed by atoms with van der Waals surface area (Å²) < 4.78 is 1.38. The number of fused-ring (bicyclic) bond motifs is 1. The molecule has 1 aromatic carbocycles. The van der Waals surface area contributed by atoms with E-state index in [1.807, 2.05) is 11.3 Å². The molecule has 0 atom stereocenters. The van der Waals surface area contributed by atoms with Gasteiger partial charge in [0.05, 0.1) is 0 Å². The van der Waals surface area contributed by atoms with Crippen molar-refractivity contribution >= 4 is 37.4 Å². The van der Waals surface area contributed by atoms with Gasteiger partial charge in [-0.1, -0.05) is 46.3 Å². The molecule has 2 aromatic rings. The first-order chi connectivity index (χ1) is 7.81. The molecule has 0 fully saturated rings. The van der Waals surface area contributed by atoms with Gasteiger partial charge in [0.15, 0.2) is 0 Å². The number of allylic oxidation sites excluding steroid dienone is 1. The fourth-order valence-corrected chi connectivity index (χ4v) is 3.09. The lowest BCUT2D eigenvalue weighted by Gasteiger charge is -2.03. The Morgan fingerprint density at radius 1 is 1.31 bits per heavy atom. The van der Waals surface area contributed by atoms with Crippen molar-refractivity contribution < 1.29 is 0 Å². The van der Waals surface area contributed by atoms with Gasteiger partial charge in [-0.15, -0.1) is 11.3 Å². The third kappa shape index (κ3) is 2.74. The van der Waals surface area contributed by atoms with Crippen LogP contribution in [0.25, 0.3) is 10.1 Å². The number of rotatable bonds is 5. The maximum Gasteiger partial charge on any atom is 0.0345 e. The highest BCUT2D eigenvalue weighted by molar-refractivity contribution is 9.09. The third-order valence-electron chi connectivity index (χ3n) is 2.67. The molecule has 0 spiro atoms. The summed E-state index contributed by atoms with van der Waals surface area (Å²) in [7, 11) is 0. The topological polar surface area (TPSA) is 0 Å². The molecule has 2 heteroatoms. The second kappa shape index (κ2) is 5.65. The molecule has 0 radical (unpaired) electrons. The van der Waals surface area contributed by atoms with E-state index in [2.05, 4.69) is 52.2 Å². The summed E-state index contributed by atoms with van der Waals surface area (Å²) in [6, 6.07) is 8.60. The standard InChI is InChI=1S/C14H15BrS/c1-11(5-4-8-15)9-12-10-16-14-7-3-2-6-13(12)14/h2-3,6-7,10H,1,4-5,8-9H2. The second-order valence-electron chi connectivity index (χ2n) is 3.98. The molecular formula is C14H15BrS. The van der Waals surface area contributed by atoms with E-state index in [-0.39, 0.29) is 0 Å². The van der Waals surface area contributed by atoms with Crippen LogP contribution in [0.3, 0.4) is 0 Å². The monoisotopic (exact) mass is 294 g/mol. The minimum atomic E-state index is 1.02. The third-order valence-corrected chi connectivity index (χ3v) is 4.24. The predicted octanol–water partition coefficient (Wildman–Crippen LogP) is 5.18. The molecule has 1 aromatic heterocycles. The van der Waals surface area contributed by atoms with Gasteiger partial charge in [0.2, 0.25) is 0 Å². The van der Waals surface area contributed by atoms with E-state index in [1.54, 1.807) is 0 Å². The van der Waals surface area contributed by atoms with Crippen LogP contribution in [0.1, 0.15) is 18.4 Å². The van der Waals surface area contributed by atoms with E-state index in [0.717, 1.165) is 18.2 Å². The van der Waals surface area contributed by atoms with Crippen molar-refractivity contribution in [2.45, 2.75) is 19.3 Å². The molecule has 0 saturated carbocycles. The largest absolute Gasteiger partial charge is 0.144 e. The van der Waals surface area contributed by atoms with Gasteiger partial charge in [-0.3, -0.25) is 0 Å². The molecule has 0 aliphatic rings. The fourth-order valence-electron chi connectivity index (χ4n) is 1.84. The first kappa shape index (κ1) is 11.9. The van der Waals surface area contributed by atoms with Crippen molar-refractivity contribution in [2.24, 2.45) is 0 Å². The Morgan fingerprint density at radius 3 is 2.94 bits per heavy atom. The van der Waals surface area contributed by atoms with Crippen molar-refractivity contribution in [3.63, 3.8) is 0 Å². The zero-order valence-corrected chi connectivity index (χ0v) is 11.6. The maximum absolute atomic E-state index is 4.16. The minimum Gasteiger partial charge on any atom is -0.144 e. The summed E-state index contributed by atoms with van der Waals surface area (Å²) in [5, 5.41) is 4.73. The highest BCUT2D eigenvalue weighted by Crippen LogP contribution is 2.27. The van der Waals surface area contributed by atoms with Gasteiger partial charge in [-0.05, 0) is 41.7 Å². The summed E-state index contributed by atoms with van der Waals surface area (Å²) in [6.07, 6.45) is 3.33. The molecule has 1 heterocycles. The van der Waals surface area contributed by atoms with Gasteiger partial charge in [0.1, 0.15) is 0 Å². The molecule has 0 bridgehead atoms. The Labute approximate surface area is 109 Å². The van der Waals surface area contributed by atoms with Crippen LogP contribution in [0.15, 0.2) is 41.8 Å².